The summed E-state index contributed by atoms with van der Waals surface area (Å²) in [4.78, 5) is 67.2. The summed E-state index contributed by atoms with van der Waals surface area (Å²) in [7, 11) is 0. The molecule has 11 nitrogen and oxygen atoms in total. The number of nitrogens with zero attached hydrogens (tertiary/aromatic N) is 3. The number of fused-ring (bicyclic) bond motifs is 2. The van der Waals surface area contributed by atoms with Crippen LogP contribution in [0, 0.1) is 0 Å². The Morgan fingerprint density at radius 2 is 1.89 bits per heavy atom. The molecule has 1 saturated heterocycles. The van der Waals surface area contributed by atoms with Gasteiger partial charge in [0.25, 0.3) is 17.7 Å². The lowest BCUT2D eigenvalue weighted by Crippen LogP contribution is -2.54. The summed E-state index contributed by atoms with van der Waals surface area (Å²) < 4.78 is 1.82. The van der Waals surface area contributed by atoms with Crippen LogP contribution in [0.25, 0.3) is 5.65 Å². The minimum Gasteiger partial charge on any atom is -0.384 e. The van der Waals surface area contributed by atoms with Gasteiger partial charge < -0.3 is 15.0 Å². The number of imidazole rings is 1. The second kappa shape index (κ2) is 9.61. The largest absolute Gasteiger partial charge is 0.384 e. The summed E-state index contributed by atoms with van der Waals surface area (Å²) in [5.74, 6) is -2.31. The smallest absolute Gasteiger partial charge is 0.264 e. The van der Waals surface area contributed by atoms with Gasteiger partial charge in [-0.3, -0.25) is 34.2 Å². The highest BCUT2D eigenvalue weighted by atomic mass is 16.2. The number of carbonyl (C=O) groups excluding carboxylic acids is 5. The number of benzene rings is 1. The van der Waals surface area contributed by atoms with Gasteiger partial charge in [-0.05, 0) is 43.5 Å². The predicted octanol–water partition coefficient (Wildman–Crippen LogP) is 1.36. The van der Waals surface area contributed by atoms with Gasteiger partial charge in [-0.15, -0.1) is 0 Å². The van der Waals surface area contributed by atoms with Crippen LogP contribution in [0.15, 0.2) is 48.9 Å². The number of piperidine rings is 1. The molecule has 5 amide bonds. The Morgan fingerprint density at radius 3 is 2.72 bits per heavy atom. The highest BCUT2D eigenvalue weighted by molar-refractivity contribution is 6.25. The Kier molecular flexibility index (Phi) is 6.19. The first-order chi connectivity index (χ1) is 17.4. The summed E-state index contributed by atoms with van der Waals surface area (Å²) in [6.45, 7) is 1.000. The Labute approximate surface area is 205 Å². The molecule has 0 aliphatic carbocycles. The molecule has 0 saturated carbocycles. The third kappa shape index (κ3) is 4.30. The van der Waals surface area contributed by atoms with Crippen LogP contribution in [-0.2, 0) is 9.59 Å². The molecule has 11 heteroatoms. The maximum Gasteiger partial charge on any atom is 0.264 e. The summed E-state index contributed by atoms with van der Waals surface area (Å²) in [6.07, 6.45) is 6.86. The zero-order chi connectivity index (χ0) is 25.2. The van der Waals surface area contributed by atoms with Crippen LogP contribution in [0.3, 0.4) is 0 Å². The molecule has 0 bridgehead atoms. The molecule has 1 atom stereocenters. The van der Waals surface area contributed by atoms with E-state index in [2.05, 4.69) is 20.9 Å². The third-order valence-electron chi connectivity index (χ3n) is 6.33. The van der Waals surface area contributed by atoms with E-state index >= 15 is 0 Å². The molecule has 2 aliphatic rings. The quantitative estimate of drug-likeness (QED) is 0.321. The number of pyridine rings is 1. The van der Waals surface area contributed by atoms with E-state index in [9.17, 15) is 24.0 Å². The number of hydrogen-bond acceptors (Lipinski definition) is 7. The van der Waals surface area contributed by atoms with Crippen LogP contribution in [-0.4, -0.2) is 63.0 Å². The van der Waals surface area contributed by atoms with Crippen molar-refractivity contribution in [3.05, 3.63) is 65.6 Å². The molecule has 1 fully saturated rings. The van der Waals surface area contributed by atoms with Gasteiger partial charge in [-0.1, -0.05) is 6.07 Å². The number of anilines is 1. The normalized spacial score (nSPS) is 17.3. The first-order valence-electron chi connectivity index (χ1n) is 11.7. The number of amides is 5. The van der Waals surface area contributed by atoms with E-state index in [-0.39, 0.29) is 29.9 Å². The number of carbonyl (C=O) groups is 5. The predicted molar refractivity (Wildman–Crippen MR) is 128 cm³/mol. The summed E-state index contributed by atoms with van der Waals surface area (Å²) in [5.41, 5.74) is 2.21. The first kappa shape index (κ1) is 23.2. The fraction of sp³-hybridized carbons (Fsp3) is 0.280. The van der Waals surface area contributed by atoms with E-state index in [0.717, 1.165) is 4.90 Å². The van der Waals surface area contributed by atoms with Gasteiger partial charge in [-0.2, -0.15) is 0 Å². The molecule has 4 heterocycles. The molecule has 3 N–H and O–H groups in total. The van der Waals surface area contributed by atoms with Gasteiger partial charge in [0.05, 0.1) is 11.1 Å². The van der Waals surface area contributed by atoms with Crippen LogP contribution < -0.4 is 16.0 Å². The molecule has 3 aromatic rings. The maximum atomic E-state index is 13.1. The van der Waals surface area contributed by atoms with Crippen LogP contribution in [0.5, 0.6) is 0 Å². The average Bonchev–Trinajstić information content (AvgIpc) is 3.44. The van der Waals surface area contributed by atoms with Crippen molar-refractivity contribution in [1.82, 2.24) is 24.9 Å². The van der Waals surface area contributed by atoms with E-state index < -0.39 is 29.7 Å². The van der Waals surface area contributed by atoms with Crippen molar-refractivity contribution in [3.8, 4) is 0 Å². The van der Waals surface area contributed by atoms with Crippen molar-refractivity contribution in [2.75, 3.05) is 18.4 Å². The Morgan fingerprint density at radius 1 is 1.06 bits per heavy atom. The van der Waals surface area contributed by atoms with Crippen molar-refractivity contribution in [1.29, 1.82) is 0 Å². The van der Waals surface area contributed by atoms with Gasteiger partial charge >= 0.3 is 0 Å². The number of imide groups is 2. The Bertz CT molecular complexity index is 1400. The lowest BCUT2D eigenvalue weighted by atomic mass is 10.0. The fourth-order valence-electron chi connectivity index (χ4n) is 4.49. The van der Waals surface area contributed by atoms with E-state index in [1.165, 1.54) is 0 Å². The molecule has 2 aliphatic heterocycles. The molecule has 1 unspecified atom stereocenters. The van der Waals surface area contributed by atoms with Gasteiger partial charge in [0, 0.05) is 49.4 Å². The van der Waals surface area contributed by atoms with Crippen molar-refractivity contribution in [3.63, 3.8) is 0 Å². The first-order valence-corrected chi connectivity index (χ1v) is 11.7. The summed E-state index contributed by atoms with van der Waals surface area (Å²) in [6, 6.07) is 7.41. The lowest BCUT2D eigenvalue weighted by Gasteiger charge is -2.27. The van der Waals surface area contributed by atoms with Gasteiger partial charge in [0.15, 0.2) is 0 Å². The van der Waals surface area contributed by atoms with Crippen molar-refractivity contribution in [2.24, 2.45) is 0 Å². The second-order valence-electron chi connectivity index (χ2n) is 8.67. The van der Waals surface area contributed by atoms with E-state index in [0.29, 0.717) is 42.8 Å². The summed E-state index contributed by atoms with van der Waals surface area (Å²) in [5, 5.41) is 8.28. The monoisotopic (exact) mass is 488 g/mol. The molecule has 36 heavy (non-hydrogen) atoms. The van der Waals surface area contributed by atoms with Gasteiger partial charge in [0.1, 0.15) is 11.7 Å². The van der Waals surface area contributed by atoms with Crippen molar-refractivity contribution >= 4 is 40.9 Å². The van der Waals surface area contributed by atoms with Crippen LogP contribution in [0.2, 0.25) is 0 Å². The lowest BCUT2D eigenvalue weighted by molar-refractivity contribution is -0.136. The number of unbranched alkanes of at least 4 members (excludes halogenated alkanes) is 1. The highest BCUT2D eigenvalue weighted by Crippen LogP contribution is 2.32. The van der Waals surface area contributed by atoms with Crippen LogP contribution in [0.1, 0.15) is 56.8 Å². The van der Waals surface area contributed by atoms with Crippen LogP contribution >= 0.6 is 0 Å². The minimum absolute atomic E-state index is 0.0729. The fourth-order valence-corrected chi connectivity index (χ4v) is 4.49. The zero-order valence-electron chi connectivity index (χ0n) is 19.3. The standard InChI is InChI=1S/C25H24N6O5/c32-20-7-6-18(23(34)29-20)31-24(35)16-4-3-5-17(21(16)25(31)36)26-9-1-2-10-28-22(33)15-8-12-30-13-11-27-19(30)14-15/h3-5,8,11-14,18,26H,1-2,6-7,9-10H2,(H,28,33)(H,29,32,34). The van der Waals surface area contributed by atoms with Gasteiger partial charge in [0.2, 0.25) is 11.8 Å². The SMILES string of the molecule is O=C1CCC(N2C(=O)c3cccc(NCCCCNC(=O)c4ccn5ccnc5c4)c3C2=O)C(=O)N1. The highest BCUT2D eigenvalue weighted by Gasteiger charge is 2.45. The molecule has 1 aromatic carbocycles. The number of rotatable bonds is 8. The van der Waals surface area contributed by atoms with Crippen molar-refractivity contribution < 1.29 is 24.0 Å². The third-order valence-corrected chi connectivity index (χ3v) is 6.33. The second-order valence-corrected chi connectivity index (χ2v) is 8.67. The van der Waals surface area contributed by atoms with Gasteiger partial charge in [-0.25, -0.2) is 4.98 Å². The topological polar surface area (TPSA) is 142 Å². The Hall–Kier alpha value is -4.54. The molecule has 0 spiro atoms. The zero-order valence-corrected chi connectivity index (χ0v) is 19.3. The van der Waals surface area contributed by atoms with E-state index in [1.54, 1.807) is 42.7 Å². The van der Waals surface area contributed by atoms with Crippen LogP contribution in [0.4, 0.5) is 5.69 Å². The summed E-state index contributed by atoms with van der Waals surface area (Å²) >= 11 is 0. The molecule has 2 aromatic heterocycles. The maximum absolute atomic E-state index is 13.1. The molecule has 5 rings (SSSR count). The molecular weight excluding hydrogens is 464 g/mol. The Balaban J connectivity index is 1.14. The average molecular weight is 489 g/mol. The minimum atomic E-state index is -0.999. The number of hydrogen-bond donors (Lipinski definition) is 3. The molecular formula is C25H24N6O5. The molecule has 0 radical (unpaired) electrons. The van der Waals surface area contributed by atoms with E-state index in [1.807, 2.05) is 10.6 Å². The number of aromatic nitrogens is 2. The van der Waals surface area contributed by atoms with E-state index in [4.69, 9.17) is 0 Å². The van der Waals surface area contributed by atoms with Crippen molar-refractivity contribution in [2.45, 2.75) is 31.7 Å². The molecule has 184 valence electrons. The number of nitrogens with one attached hydrogen (secondary N) is 3.